The van der Waals surface area contributed by atoms with Crippen molar-refractivity contribution in [2.45, 2.75) is 31.4 Å². The molecule has 8 heteroatoms. The maximum absolute atomic E-state index is 12.3. The van der Waals surface area contributed by atoms with E-state index in [1.807, 2.05) is 30.3 Å². The zero-order chi connectivity index (χ0) is 18.7. The van der Waals surface area contributed by atoms with Crippen molar-refractivity contribution in [2.75, 3.05) is 12.8 Å². The van der Waals surface area contributed by atoms with Crippen LogP contribution in [0.15, 0.2) is 36.5 Å². The van der Waals surface area contributed by atoms with E-state index < -0.39 is 10.0 Å². The zero-order valence-corrected chi connectivity index (χ0v) is 15.4. The van der Waals surface area contributed by atoms with Crippen LogP contribution in [0.3, 0.4) is 0 Å². The topological polar surface area (TPSA) is 108 Å². The first-order chi connectivity index (χ1) is 12.3. The SMILES string of the molecule is CS(=O)(=O)NCCC(=O)N[C@@H](c1cnc2ccccc2c1)C1CC(O)C1. The molecule has 0 radical (unpaired) electrons. The second-order valence-electron chi connectivity index (χ2n) is 6.81. The van der Waals surface area contributed by atoms with Crippen LogP contribution in [-0.4, -0.2) is 43.3 Å². The number of aliphatic hydroxyl groups excluding tert-OH is 1. The Balaban J connectivity index is 1.73. The highest BCUT2D eigenvalue weighted by Crippen LogP contribution is 2.38. The smallest absolute Gasteiger partial charge is 0.221 e. The Morgan fingerprint density at radius 2 is 2.08 bits per heavy atom. The van der Waals surface area contributed by atoms with Crippen molar-refractivity contribution in [2.24, 2.45) is 5.92 Å². The van der Waals surface area contributed by atoms with Crippen LogP contribution in [0.1, 0.15) is 30.9 Å². The predicted molar refractivity (Wildman–Crippen MR) is 98.8 cm³/mol. The van der Waals surface area contributed by atoms with Gasteiger partial charge in [0.1, 0.15) is 0 Å². The third-order valence-corrected chi connectivity index (χ3v) is 5.35. The van der Waals surface area contributed by atoms with E-state index in [0.717, 1.165) is 22.7 Å². The number of rotatable bonds is 7. The van der Waals surface area contributed by atoms with Crippen LogP contribution >= 0.6 is 0 Å². The van der Waals surface area contributed by atoms with Gasteiger partial charge < -0.3 is 10.4 Å². The fraction of sp³-hybridized carbons (Fsp3) is 0.444. The van der Waals surface area contributed by atoms with E-state index >= 15 is 0 Å². The molecule has 7 nitrogen and oxygen atoms in total. The lowest BCUT2D eigenvalue weighted by Gasteiger charge is -2.38. The molecule has 0 spiro atoms. The van der Waals surface area contributed by atoms with Crippen LogP contribution < -0.4 is 10.0 Å². The number of para-hydroxylation sites is 1. The summed E-state index contributed by atoms with van der Waals surface area (Å²) in [5, 5.41) is 13.6. The Bertz CT molecular complexity index is 894. The molecule has 1 aliphatic rings. The maximum Gasteiger partial charge on any atom is 0.221 e. The minimum atomic E-state index is -3.31. The number of fused-ring (bicyclic) bond motifs is 1. The number of carbonyl (C=O) groups excluding carboxylic acids is 1. The second-order valence-corrected chi connectivity index (χ2v) is 8.64. The minimum absolute atomic E-state index is 0.0554. The van der Waals surface area contributed by atoms with E-state index in [4.69, 9.17) is 0 Å². The van der Waals surface area contributed by atoms with Gasteiger partial charge in [-0.15, -0.1) is 0 Å². The number of aromatic nitrogens is 1. The standard InChI is InChI=1S/C18H23N3O4S/c1-26(24,25)20-7-6-17(23)21-18(13-9-15(22)10-13)14-8-12-4-2-3-5-16(12)19-11-14/h2-5,8,11,13,15,18,20,22H,6-7,9-10H2,1H3,(H,21,23)/t13?,15?,18-/m1/s1. The molecule has 1 saturated carbocycles. The molecular weight excluding hydrogens is 354 g/mol. The Morgan fingerprint density at radius 1 is 1.35 bits per heavy atom. The summed E-state index contributed by atoms with van der Waals surface area (Å²) in [5.74, 6) is -0.0968. The number of pyridine rings is 1. The number of hydrogen-bond acceptors (Lipinski definition) is 5. The number of nitrogens with one attached hydrogen (secondary N) is 2. The molecule has 3 N–H and O–H groups in total. The van der Waals surface area contributed by atoms with Gasteiger partial charge in [0, 0.05) is 24.5 Å². The number of amides is 1. The van der Waals surface area contributed by atoms with Crippen molar-refractivity contribution in [1.82, 2.24) is 15.0 Å². The Hall–Kier alpha value is -2.03. The van der Waals surface area contributed by atoms with E-state index in [-0.39, 0.29) is 36.9 Å². The Labute approximate surface area is 152 Å². The van der Waals surface area contributed by atoms with Crippen LogP contribution in [0.5, 0.6) is 0 Å². The number of nitrogens with zero attached hydrogens (tertiary/aromatic N) is 1. The van der Waals surface area contributed by atoms with Crippen molar-refractivity contribution in [3.63, 3.8) is 0 Å². The molecule has 1 aromatic heterocycles. The molecule has 0 bridgehead atoms. The first-order valence-corrected chi connectivity index (χ1v) is 10.5. The molecule has 0 unspecified atom stereocenters. The van der Waals surface area contributed by atoms with E-state index in [0.29, 0.717) is 12.8 Å². The molecule has 0 saturated heterocycles. The summed E-state index contributed by atoms with van der Waals surface area (Å²) < 4.78 is 24.5. The summed E-state index contributed by atoms with van der Waals surface area (Å²) in [4.78, 5) is 16.7. The van der Waals surface area contributed by atoms with Crippen molar-refractivity contribution < 1.29 is 18.3 Å². The van der Waals surface area contributed by atoms with Crippen molar-refractivity contribution >= 4 is 26.8 Å². The largest absolute Gasteiger partial charge is 0.393 e. The van der Waals surface area contributed by atoms with Gasteiger partial charge in [-0.05, 0) is 36.5 Å². The predicted octanol–water partition coefficient (Wildman–Crippen LogP) is 1.10. The molecule has 3 rings (SSSR count). The van der Waals surface area contributed by atoms with Gasteiger partial charge in [0.2, 0.25) is 15.9 Å². The van der Waals surface area contributed by atoms with Gasteiger partial charge in [-0.2, -0.15) is 0 Å². The van der Waals surface area contributed by atoms with Gasteiger partial charge in [0.15, 0.2) is 0 Å². The molecule has 1 aliphatic carbocycles. The summed E-state index contributed by atoms with van der Waals surface area (Å²) in [6.07, 6.45) is 3.79. The number of sulfonamides is 1. The average Bonchev–Trinajstić information content (AvgIpc) is 2.55. The lowest BCUT2D eigenvalue weighted by molar-refractivity contribution is -0.122. The molecule has 26 heavy (non-hydrogen) atoms. The summed E-state index contributed by atoms with van der Waals surface area (Å²) in [6, 6.07) is 9.51. The van der Waals surface area contributed by atoms with E-state index in [2.05, 4.69) is 15.0 Å². The summed E-state index contributed by atoms with van der Waals surface area (Å²) >= 11 is 0. The maximum atomic E-state index is 12.3. The van der Waals surface area contributed by atoms with Crippen molar-refractivity contribution in [1.29, 1.82) is 0 Å². The van der Waals surface area contributed by atoms with Crippen LogP contribution in [0.2, 0.25) is 0 Å². The van der Waals surface area contributed by atoms with E-state index in [9.17, 15) is 18.3 Å². The number of hydrogen-bond donors (Lipinski definition) is 3. The van der Waals surface area contributed by atoms with Gasteiger partial charge in [0.05, 0.1) is 23.9 Å². The fourth-order valence-corrected chi connectivity index (χ4v) is 3.70. The average molecular weight is 377 g/mol. The van der Waals surface area contributed by atoms with Gasteiger partial charge in [-0.1, -0.05) is 18.2 Å². The normalized spacial score (nSPS) is 21.2. The summed E-state index contributed by atoms with van der Waals surface area (Å²) in [7, 11) is -3.31. The highest BCUT2D eigenvalue weighted by molar-refractivity contribution is 7.88. The third-order valence-electron chi connectivity index (χ3n) is 4.62. The molecule has 1 aromatic carbocycles. The van der Waals surface area contributed by atoms with Crippen LogP contribution in [0.25, 0.3) is 10.9 Å². The van der Waals surface area contributed by atoms with Crippen molar-refractivity contribution in [3.05, 3.63) is 42.1 Å². The van der Waals surface area contributed by atoms with Gasteiger partial charge in [0.25, 0.3) is 0 Å². The van der Waals surface area contributed by atoms with Crippen molar-refractivity contribution in [3.8, 4) is 0 Å². The highest BCUT2D eigenvalue weighted by Gasteiger charge is 2.35. The molecule has 140 valence electrons. The Morgan fingerprint density at radius 3 is 2.77 bits per heavy atom. The molecular formula is C18H23N3O4S. The van der Waals surface area contributed by atoms with E-state index in [1.165, 1.54) is 0 Å². The molecule has 0 aliphatic heterocycles. The van der Waals surface area contributed by atoms with Gasteiger partial charge >= 0.3 is 0 Å². The lowest BCUT2D eigenvalue weighted by Crippen LogP contribution is -2.42. The van der Waals surface area contributed by atoms with Crippen LogP contribution in [-0.2, 0) is 14.8 Å². The van der Waals surface area contributed by atoms with Gasteiger partial charge in [-0.3, -0.25) is 9.78 Å². The second kappa shape index (κ2) is 7.69. The monoisotopic (exact) mass is 377 g/mol. The molecule has 1 atom stereocenters. The Kier molecular flexibility index (Phi) is 5.55. The first-order valence-electron chi connectivity index (χ1n) is 8.58. The quantitative estimate of drug-likeness (QED) is 0.670. The number of carbonyl (C=O) groups is 1. The van der Waals surface area contributed by atoms with E-state index in [1.54, 1.807) is 6.20 Å². The molecule has 1 amide bonds. The molecule has 2 aromatic rings. The third kappa shape index (κ3) is 4.78. The summed E-state index contributed by atoms with van der Waals surface area (Å²) in [6.45, 7) is 0.0562. The first kappa shape index (κ1) is 18.8. The molecule has 1 heterocycles. The van der Waals surface area contributed by atoms with Crippen LogP contribution in [0, 0.1) is 5.92 Å². The molecule has 1 fully saturated rings. The summed E-state index contributed by atoms with van der Waals surface area (Å²) in [5.41, 5.74) is 1.78. The number of benzene rings is 1. The fourth-order valence-electron chi connectivity index (χ4n) is 3.23. The van der Waals surface area contributed by atoms with Crippen LogP contribution in [0.4, 0.5) is 0 Å². The minimum Gasteiger partial charge on any atom is -0.393 e. The van der Waals surface area contributed by atoms with Gasteiger partial charge in [-0.25, -0.2) is 13.1 Å². The zero-order valence-electron chi connectivity index (χ0n) is 14.6. The highest BCUT2D eigenvalue weighted by atomic mass is 32.2. The lowest BCUT2D eigenvalue weighted by atomic mass is 9.75. The number of aliphatic hydroxyl groups is 1.